The second-order valence-corrected chi connectivity index (χ2v) is 15.4. The van der Waals surface area contributed by atoms with E-state index in [4.69, 9.17) is 9.47 Å². The maximum atomic E-state index is 13.8. The first-order valence-corrected chi connectivity index (χ1v) is 18.2. The SMILES string of the molecule is Cc1c(C)c(S(=O)(=O)NC(=NCCC[C@H](NC(=O)OCC2c3ccccc3-c3ccccc32)C(=O)O)NC2CC2)c(C)c2c1OC(C)(C)C2. The molecule has 1 aliphatic heterocycles. The first-order valence-electron chi connectivity index (χ1n) is 16.8. The summed E-state index contributed by atoms with van der Waals surface area (Å²) in [4.78, 5) is 29.5. The number of nitrogens with zero attached hydrogens (tertiary/aromatic N) is 1. The van der Waals surface area contributed by atoms with Crippen LogP contribution in [0, 0.1) is 20.8 Å². The molecule has 0 radical (unpaired) electrons. The predicted molar refractivity (Wildman–Crippen MR) is 187 cm³/mol. The van der Waals surface area contributed by atoms with Crippen LogP contribution in [-0.4, -0.2) is 62.4 Å². The molecule has 0 unspecified atom stereocenters. The minimum Gasteiger partial charge on any atom is -0.487 e. The fourth-order valence-electron chi connectivity index (χ4n) is 6.88. The Bertz CT molecular complexity index is 1890. The van der Waals surface area contributed by atoms with Gasteiger partial charge in [0.1, 0.15) is 24.0 Å². The van der Waals surface area contributed by atoms with Gasteiger partial charge in [0.25, 0.3) is 10.0 Å². The van der Waals surface area contributed by atoms with Crippen molar-refractivity contribution in [2.24, 2.45) is 4.99 Å². The van der Waals surface area contributed by atoms with E-state index in [1.807, 2.05) is 76.2 Å². The van der Waals surface area contributed by atoms with Crippen LogP contribution in [0.4, 0.5) is 4.79 Å². The van der Waals surface area contributed by atoms with Crippen molar-refractivity contribution in [3.8, 4) is 16.9 Å². The summed E-state index contributed by atoms with van der Waals surface area (Å²) in [5.74, 6) is -0.471. The van der Waals surface area contributed by atoms with Gasteiger partial charge in [-0.15, -0.1) is 0 Å². The largest absolute Gasteiger partial charge is 0.487 e. The number of nitrogens with one attached hydrogen (secondary N) is 3. The molecule has 3 aromatic rings. The van der Waals surface area contributed by atoms with Crippen LogP contribution in [0.1, 0.15) is 78.8 Å². The van der Waals surface area contributed by atoms with E-state index in [-0.39, 0.29) is 48.8 Å². The molecule has 4 N–H and O–H groups in total. The molecule has 1 amide bonds. The predicted octanol–water partition coefficient (Wildman–Crippen LogP) is 5.48. The zero-order valence-electron chi connectivity index (χ0n) is 28.6. The molecule has 11 nitrogen and oxygen atoms in total. The zero-order chi connectivity index (χ0) is 35.1. The molecular weight excluding hydrogens is 644 g/mol. The fourth-order valence-corrected chi connectivity index (χ4v) is 8.44. The molecular formula is C37H44N4O7S. The number of fused-ring (bicyclic) bond motifs is 4. The lowest BCUT2D eigenvalue weighted by molar-refractivity contribution is -0.139. The molecule has 0 saturated heterocycles. The molecule has 1 heterocycles. The Morgan fingerprint density at radius 3 is 2.24 bits per heavy atom. The molecule has 1 saturated carbocycles. The highest BCUT2D eigenvalue weighted by molar-refractivity contribution is 7.90. The van der Waals surface area contributed by atoms with Gasteiger partial charge in [0.15, 0.2) is 0 Å². The van der Waals surface area contributed by atoms with Gasteiger partial charge in [-0.05, 0) is 99.2 Å². The summed E-state index contributed by atoms with van der Waals surface area (Å²) in [7, 11) is -4.02. The number of ether oxygens (including phenoxy) is 2. The van der Waals surface area contributed by atoms with Crippen LogP contribution in [0.2, 0.25) is 0 Å². The molecule has 260 valence electrons. The summed E-state index contributed by atoms with van der Waals surface area (Å²) in [6, 6.07) is 14.9. The molecule has 1 atom stereocenters. The van der Waals surface area contributed by atoms with Gasteiger partial charge in [0, 0.05) is 30.5 Å². The molecule has 3 aliphatic rings. The maximum absolute atomic E-state index is 13.8. The summed E-state index contributed by atoms with van der Waals surface area (Å²) in [6.45, 7) is 9.65. The first kappa shape index (κ1) is 34.3. The standard InChI is InChI=1S/C37H44N4O7S/c1-21-22(2)33(23(3)29-19-37(4,5)48-32(21)29)49(45,46)41-35(39-24-16-17-24)38-18-10-15-31(34(42)43)40-36(44)47-20-30-27-13-8-6-11-25(27)26-12-7-9-14-28(26)30/h6-9,11-14,24,30-31H,10,15-20H2,1-5H3,(H,40,44)(H,42,43)(H2,38,39,41)/t31-/m0/s1. The van der Waals surface area contributed by atoms with Gasteiger partial charge in [0.05, 0.1) is 4.90 Å². The monoisotopic (exact) mass is 688 g/mol. The van der Waals surface area contributed by atoms with E-state index < -0.39 is 33.7 Å². The Morgan fingerprint density at radius 1 is 1.00 bits per heavy atom. The van der Waals surface area contributed by atoms with E-state index >= 15 is 0 Å². The van der Waals surface area contributed by atoms with E-state index in [1.165, 1.54) is 0 Å². The highest BCUT2D eigenvalue weighted by Crippen LogP contribution is 2.45. The third-order valence-corrected chi connectivity index (χ3v) is 11.2. The average Bonchev–Trinajstić information content (AvgIpc) is 3.72. The number of hydrogen-bond donors (Lipinski definition) is 4. The van der Waals surface area contributed by atoms with Gasteiger partial charge in [-0.3, -0.25) is 4.99 Å². The van der Waals surface area contributed by atoms with Gasteiger partial charge in [-0.2, -0.15) is 0 Å². The van der Waals surface area contributed by atoms with E-state index in [2.05, 4.69) is 20.3 Å². The van der Waals surface area contributed by atoms with E-state index in [0.717, 1.165) is 52.0 Å². The number of aliphatic imine (C=N–C) groups is 1. The van der Waals surface area contributed by atoms with Gasteiger partial charge in [-0.1, -0.05) is 48.5 Å². The summed E-state index contributed by atoms with van der Waals surface area (Å²) in [6.07, 6.45) is 1.94. The Kier molecular flexibility index (Phi) is 9.36. The number of carbonyl (C=O) groups excluding carboxylic acids is 1. The minimum absolute atomic E-state index is 0.0698. The highest BCUT2D eigenvalue weighted by Gasteiger charge is 2.37. The molecule has 49 heavy (non-hydrogen) atoms. The normalized spacial score (nSPS) is 17.0. The zero-order valence-corrected chi connectivity index (χ0v) is 29.4. The van der Waals surface area contributed by atoms with Crippen molar-refractivity contribution in [1.82, 2.24) is 15.4 Å². The van der Waals surface area contributed by atoms with Crippen molar-refractivity contribution in [2.75, 3.05) is 13.2 Å². The molecule has 3 aromatic carbocycles. The number of amides is 1. The van der Waals surface area contributed by atoms with E-state index in [0.29, 0.717) is 17.5 Å². The Labute approximate surface area is 287 Å². The molecule has 6 rings (SSSR count). The third kappa shape index (κ3) is 7.24. The number of sulfonamides is 1. The Balaban J connectivity index is 1.08. The summed E-state index contributed by atoms with van der Waals surface area (Å²) in [5, 5.41) is 15.5. The van der Waals surface area contributed by atoms with Crippen LogP contribution < -0.4 is 20.1 Å². The lowest BCUT2D eigenvalue weighted by Gasteiger charge is -2.20. The van der Waals surface area contributed by atoms with Crippen LogP contribution >= 0.6 is 0 Å². The van der Waals surface area contributed by atoms with Crippen molar-refractivity contribution >= 4 is 28.0 Å². The van der Waals surface area contributed by atoms with Gasteiger partial charge < -0.3 is 25.2 Å². The molecule has 0 bridgehead atoms. The number of carboxylic acids is 1. The van der Waals surface area contributed by atoms with E-state index in [1.54, 1.807) is 6.92 Å². The Hall–Kier alpha value is -4.58. The summed E-state index contributed by atoms with van der Waals surface area (Å²) in [5.41, 5.74) is 6.86. The lowest BCUT2D eigenvalue weighted by atomic mass is 9.94. The van der Waals surface area contributed by atoms with Crippen LogP contribution in [0.25, 0.3) is 11.1 Å². The fraction of sp³-hybridized carbons (Fsp3) is 0.432. The van der Waals surface area contributed by atoms with Gasteiger partial charge >= 0.3 is 12.1 Å². The van der Waals surface area contributed by atoms with Gasteiger partial charge in [-0.25, -0.2) is 22.7 Å². The molecule has 1 fully saturated rings. The van der Waals surface area contributed by atoms with Crippen molar-refractivity contribution in [3.05, 3.63) is 81.9 Å². The first-order chi connectivity index (χ1) is 23.3. The van der Waals surface area contributed by atoms with E-state index in [9.17, 15) is 23.1 Å². The minimum atomic E-state index is -4.02. The lowest BCUT2D eigenvalue weighted by Crippen LogP contribution is -2.43. The molecule has 0 spiro atoms. The summed E-state index contributed by atoms with van der Waals surface area (Å²) >= 11 is 0. The summed E-state index contributed by atoms with van der Waals surface area (Å²) < 4.78 is 42.0. The number of rotatable bonds is 11. The van der Waals surface area contributed by atoms with Crippen molar-refractivity contribution in [3.63, 3.8) is 0 Å². The number of aliphatic carboxylic acids is 1. The number of benzene rings is 3. The quantitative estimate of drug-likeness (QED) is 0.117. The van der Waals surface area contributed by atoms with Gasteiger partial charge in [0.2, 0.25) is 5.96 Å². The maximum Gasteiger partial charge on any atom is 0.407 e. The number of guanidine groups is 1. The Morgan fingerprint density at radius 2 is 1.63 bits per heavy atom. The average molecular weight is 689 g/mol. The van der Waals surface area contributed by atoms with Crippen LogP contribution in [0.5, 0.6) is 5.75 Å². The second kappa shape index (κ2) is 13.4. The van der Waals surface area contributed by atoms with Crippen LogP contribution in [0.15, 0.2) is 58.4 Å². The van der Waals surface area contributed by atoms with Crippen LogP contribution in [0.3, 0.4) is 0 Å². The topological polar surface area (TPSA) is 155 Å². The van der Waals surface area contributed by atoms with Crippen molar-refractivity contribution in [1.29, 1.82) is 0 Å². The van der Waals surface area contributed by atoms with Crippen molar-refractivity contribution < 1.29 is 32.6 Å². The molecule has 2 aliphatic carbocycles. The number of carbonyl (C=O) groups is 2. The third-order valence-electron chi connectivity index (χ3n) is 9.56. The van der Waals surface area contributed by atoms with Crippen molar-refractivity contribution in [2.45, 2.75) is 95.2 Å². The number of hydrogen-bond acceptors (Lipinski definition) is 7. The number of alkyl carbamates (subject to hydrolysis) is 1. The number of carboxylic acid groups (broad SMARTS) is 1. The highest BCUT2D eigenvalue weighted by atomic mass is 32.2. The van der Waals surface area contributed by atoms with Crippen LogP contribution in [-0.2, 0) is 26.0 Å². The second-order valence-electron chi connectivity index (χ2n) is 13.8. The molecule has 0 aromatic heterocycles. The smallest absolute Gasteiger partial charge is 0.407 e. The molecule has 12 heteroatoms.